The van der Waals surface area contributed by atoms with Crippen LogP contribution in [0.25, 0.3) is 0 Å². The van der Waals surface area contributed by atoms with Crippen molar-refractivity contribution in [1.82, 2.24) is 0 Å². The molecule has 0 bridgehead atoms. The van der Waals surface area contributed by atoms with E-state index in [1.807, 2.05) is 12.1 Å². The molecule has 1 rings (SSSR count). The predicted molar refractivity (Wildman–Crippen MR) is 68.9 cm³/mol. The molecule has 0 saturated heterocycles. The molecule has 16 heavy (non-hydrogen) atoms. The van der Waals surface area contributed by atoms with Gasteiger partial charge in [0.1, 0.15) is 5.75 Å². The summed E-state index contributed by atoms with van der Waals surface area (Å²) < 4.78 is 5.83. The summed E-state index contributed by atoms with van der Waals surface area (Å²) in [6, 6.07) is 8.29. The van der Waals surface area contributed by atoms with Crippen LogP contribution in [0.15, 0.2) is 24.3 Å². The van der Waals surface area contributed by atoms with Crippen molar-refractivity contribution >= 4 is 0 Å². The maximum atomic E-state index is 5.83. The van der Waals surface area contributed by atoms with Gasteiger partial charge in [-0.2, -0.15) is 0 Å². The summed E-state index contributed by atoms with van der Waals surface area (Å²) in [5, 5.41) is 0. The number of ether oxygens (including phenoxy) is 1. The highest BCUT2D eigenvalue weighted by Crippen LogP contribution is 2.28. The number of benzene rings is 1. The summed E-state index contributed by atoms with van der Waals surface area (Å²) >= 11 is 0. The molecule has 0 fully saturated rings. The monoisotopic (exact) mass is 221 g/mol. The third kappa shape index (κ3) is 3.53. The van der Waals surface area contributed by atoms with Crippen LogP contribution < -0.4 is 10.5 Å². The third-order valence-electron chi connectivity index (χ3n) is 2.99. The van der Waals surface area contributed by atoms with Gasteiger partial charge in [-0.15, -0.1) is 0 Å². The molecule has 1 aromatic rings. The van der Waals surface area contributed by atoms with Gasteiger partial charge in [-0.05, 0) is 30.5 Å². The first-order valence-corrected chi connectivity index (χ1v) is 6.10. The lowest BCUT2D eigenvalue weighted by molar-refractivity contribution is 0.260. The minimum atomic E-state index is 0.407. The fraction of sp³-hybridized carbons (Fsp3) is 0.571. The lowest BCUT2D eigenvalue weighted by Gasteiger charge is -2.17. The molecule has 0 amide bonds. The van der Waals surface area contributed by atoms with Crippen LogP contribution in [0.4, 0.5) is 0 Å². The standard InChI is InChI=1S/C14H23NO/c1-4-12(3)13-7-5-6-8-14(13)16-10-11(2)9-15/h5-8,11-12H,4,9-10,15H2,1-3H3. The summed E-state index contributed by atoms with van der Waals surface area (Å²) in [4.78, 5) is 0. The van der Waals surface area contributed by atoms with Crippen molar-refractivity contribution in [2.75, 3.05) is 13.2 Å². The Kier molecular flexibility index (Phi) is 5.33. The van der Waals surface area contributed by atoms with Crippen LogP contribution in [0.3, 0.4) is 0 Å². The molecule has 0 heterocycles. The second-order valence-corrected chi connectivity index (χ2v) is 4.50. The number of hydrogen-bond donors (Lipinski definition) is 1. The van der Waals surface area contributed by atoms with Gasteiger partial charge in [0.15, 0.2) is 0 Å². The highest BCUT2D eigenvalue weighted by Gasteiger charge is 2.10. The number of nitrogens with two attached hydrogens (primary N) is 1. The first-order valence-electron chi connectivity index (χ1n) is 6.10. The predicted octanol–water partition coefficient (Wildman–Crippen LogP) is 3.17. The van der Waals surface area contributed by atoms with E-state index >= 15 is 0 Å². The SMILES string of the molecule is CCC(C)c1ccccc1OCC(C)CN. The third-order valence-corrected chi connectivity index (χ3v) is 2.99. The van der Waals surface area contributed by atoms with Gasteiger partial charge in [-0.1, -0.05) is 39.0 Å². The Hall–Kier alpha value is -1.02. The molecule has 2 N–H and O–H groups in total. The Labute approximate surface area is 98.8 Å². The molecule has 1 aromatic carbocycles. The van der Waals surface area contributed by atoms with E-state index in [4.69, 9.17) is 10.5 Å². The lowest BCUT2D eigenvalue weighted by Crippen LogP contribution is -2.18. The Balaban J connectivity index is 2.71. The molecular formula is C14H23NO. The molecule has 0 aromatic heterocycles. The Bertz CT molecular complexity index is 311. The van der Waals surface area contributed by atoms with E-state index in [0.717, 1.165) is 12.2 Å². The van der Waals surface area contributed by atoms with Gasteiger partial charge in [0.2, 0.25) is 0 Å². The molecule has 0 radical (unpaired) electrons. The lowest BCUT2D eigenvalue weighted by atomic mass is 9.98. The zero-order valence-electron chi connectivity index (χ0n) is 10.6. The van der Waals surface area contributed by atoms with Gasteiger partial charge in [0, 0.05) is 5.92 Å². The number of hydrogen-bond acceptors (Lipinski definition) is 2. The van der Waals surface area contributed by atoms with Crippen LogP contribution in [-0.4, -0.2) is 13.2 Å². The molecule has 0 saturated carbocycles. The van der Waals surface area contributed by atoms with E-state index in [9.17, 15) is 0 Å². The van der Waals surface area contributed by atoms with Crippen LogP contribution in [-0.2, 0) is 0 Å². The second-order valence-electron chi connectivity index (χ2n) is 4.50. The van der Waals surface area contributed by atoms with Crippen molar-refractivity contribution < 1.29 is 4.74 Å². The van der Waals surface area contributed by atoms with Crippen molar-refractivity contribution in [2.24, 2.45) is 11.7 Å². The van der Waals surface area contributed by atoms with Gasteiger partial charge in [0.05, 0.1) is 6.61 Å². The van der Waals surface area contributed by atoms with Crippen LogP contribution in [0.1, 0.15) is 38.7 Å². The average molecular weight is 221 g/mol. The van der Waals surface area contributed by atoms with Crippen LogP contribution in [0.2, 0.25) is 0 Å². The van der Waals surface area contributed by atoms with E-state index in [2.05, 4.69) is 32.9 Å². The van der Waals surface area contributed by atoms with Crippen LogP contribution in [0, 0.1) is 5.92 Å². The molecule has 2 heteroatoms. The van der Waals surface area contributed by atoms with Gasteiger partial charge < -0.3 is 10.5 Å². The first-order chi connectivity index (χ1) is 7.69. The summed E-state index contributed by atoms with van der Waals surface area (Å²) in [6.07, 6.45) is 1.13. The second kappa shape index (κ2) is 6.54. The summed E-state index contributed by atoms with van der Waals surface area (Å²) in [7, 11) is 0. The number of para-hydroxylation sites is 1. The van der Waals surface area contributed by atoms with Gasteiger partial charge in [-0.3, -0.25) is 0 Å². The molecule has 0 spiro atoms. The molecule has 0 aliphatic heterocycles. The fourth-order valence-electron chi connectivity index (χ4n) is 1.54. The van der Waals surface area contributed by atoms with Crippen molar-refractivity contribution in [2.45, 2.75) is 33.1 Å². The van der Waals surface area contributed by atoms with E-state index < -0.39 is 0 Å². The first kappa shape index (κ1) is 13.0. The maximum Gasteiger partial charge on any atom is 0.122 e. The van der Waals surface area contributed by atoms with E-state index in [1.54, 1.807) is 0 Å². The molecule has 2 atom stereocenters. The molecule has 2 unspecified atom stereocenters. The zero-order valence-corrected chi connectivity index (χ0v) is 10.6. The quantitative estimate of drug-likeness (QED) is 0.800. The molecule has 0 aliphatic carbocycles. The largest absolute Gasteiger partial charge is 0.493 e. The number of rotatable bonds is 6. The van der Waals surface area contributed by atoms with Crippen LogP contribution >= 0.6 is 0 Å². The van der Waals surface area contributed by atoms with Gasteiger partial charge >= 0.3 is 0 Å². The maximum absolute atomic E-state index is 5.83. The fourth-order valence-corrected chi connectivity index (χ4v) is 1.54. The van der Waals surface area contributed by atoms with E-state index in [0.29, 0.717) is 25.0 Å². The minimum absolute atomic E-state index is 0.407. The zero-order chi connectivity index (χ0) is 12.0. The van der Waals surface area contributed by atoms with Crippen molar-refractivity contribution in [3.8, 4) is 5.75 Å². The Morgan fingerprint density at radius 2 is 1.94 bits per heavy atom. The Morgan fingerprint density at radius 1 is 1.25 bits per heavy atom. The molecule has 90 valence electrons. The van der Waals surface area contributed by atoms with Gasteiger partial charge in [-0.25, -0.2) is 0 Å². The van der Waals surface area contributed by atoms with Crippen molar-refractivity contribution in [1.29, 1.82) is 0 Å². The topological polar surface area (TPSA) is 35.2 Å². The van der Waals surface area contributed by atoms with Gasteiger partial charge in [0.25, 0.3) is 0 Å². The summed E-state index contributed by atoms with van der Waals surface area (Å²) in [5.74, 6) is 1.96. The molecule has 2 nitrogen and oxygen atoms in total. The Morgan fingerprint density at radius 3 is 2.56 bits per heavy atom. The smallest absolute Gasteiger partial charge is 0.122 e. The normalized spacial score (nSPS) is 14.5. The average Bonchev–Trinajstić information content (AvgIpc) is 2.35. The van der Waals surface area contributed by atoms with E-state index in [-0.39, 0.29) is 0 Å². The minimum Gasteiger partial charge on any atom is -0.493 e. The van der Waals surface area contributed by atoms with Crippen LogP contribution in [0.5, 0.6) is 5.75 Å². The van der Waals surface area contributed by atoms with E-state index in [1.165, 1.54) is 5.56 Å². The van der Waals surface area contributed by atoms with Crippen molar-refractivity contribution in [3.63, 3.8) is 0 Å². The highest BCUT2D eigenvalue weighted by atomic mass is 16.5. The summed E-state index contributed by atoms with van der Waals surface area (Å²) in [5.41, 5.74) is 6.88. The summed E-state index contributed by atoms with van der Waals surface area (Å²) in [6.45, 7) is 7.90. The molecular weight excluding hydrogens is 198 g/mol. The highest BCUT2D eigenvalue weighted by molar-refractivity contribution is 5.35. The van der Waals surface area contributed by atoms with Crippen molar-refractivity contribution in [3.05, 3.63) is 29.8 Å². The molecule has 0 aliphatic rings.